The van der Waals surface area contributed by atoms with Gasteiger partial charge in [0.1, 0.15) is 0 Å². The SMILES string of the molecule is CCCc1cnc2c(O)c(CN(C)C)ccn2c1=O. The van der Waals surface area contributed by atoms with Gasteiger partial charge in [-0.3, -0.25) is 9.20 Å². The molecule has 0 fully saturated rings. The number of fused-ring (bicyclic) bond motifs is 1. The van der Waals surface area contributed by atoms with Crippen LogP contribution in [0.25, 0.3) is 5.65 Å². The minimum Gasteiger partial charge on any atom is -0.504 e. The summed E-state index contributed by atoms with van der Waals surface area (Å²) in [6, 6.07) is 1.77. The van der Waals surface area contributed by atoms with Crippen molar-refractivity contribution in [3.8, 4) is 5.75 Å². The molecule has 19 heavy (non-hydrogen) atoms. The molecule has 1 N–H and O–H groups in total. The molecule has 0 saturated heterocycles. The number of nitrogens with zero attached hydrogens (tertiary/aromatic N) is 3. The summed E-state index contributed by atoms with van der Waals surface area (Å²) in [6.45, 7) is 2.63. The van der Waals surface area contributed by atoms with E-state index in [9.17, 15) is 9.90 Å². The Balaban J connectivity index is 2.59. The molecule has 0 unspecified atom stereocenters. The van der Waals surface area contributed by atoms with Crippen molar-refractivity contribution in [2.75, 3.05) is 14.1 Å². The molecule has 0 amide bonds. The zero-order valence-electron chi connectivity index (χ0n) is 11.6. The average molecular weight is 261 g/mol. The molecule has 5 heteroatoms. The van der Waals surface area contributed by atoms with Crippen molar-refractivity contribution >= 4 is 5.65 Å². The van der Waals surface area contributed by atoms with Gasteiger partial charge in [0, 0.05) is 30.1 Å². The third kappa shape index (κ3) is 2.61. The van der Waals surface area contributed by atoms with Crippen molar-refractivity contribution in [2.45, 2.75) is 26.3 Å². The zero-order valence-corrected chi connectivity index (χ0v) is 11.6. The second-order valence-electron chi connectivity index (χ2n) is 4.96. The molecule has 0 aliphatic rings. The molecule has 0 aliphatic heterocycles. The Hall–Kier alpha value is -1.88. The highest BCUT2D eigenvalue weighted by Crippen LogP contribution is 2.21. The lowest BCUT2D eigenvalue weighted by Gasteiger charge is -2.13. The van der Waals surface area contributed by atoms with E-state index in [1.807, 2.05) is 25.9 Å². The highest BCUT2D eigenvalue weighted by atomic mass is 16.3. The number of aromatic nitrogens is 2. The zero-order chi connectivity index (χ0) is 14.0. The number of rotatable bonds is 4. The minimum atomic E-state index is -0.0986. The maximum absolute atomic E-state index is 12.2. The van der Waals surface area contributed by atoms with Crippen LogP contribution in [0.2, 0.25) is 0 Å². The summed E-state index contributed by atoms with van der Waals surface area (Å²) >= 11 is 0. The molecule has 102 valence electrons. The first kappa shape index (κ1) is 13.5. The second kappa shape index (κ2) is 5.40. The Labute approximate surface area is 112 Å². The average Bonchev–Trinajstić information content (AvgIpc) is 2.36. The predicted octanol–water partition coefficient (Wildman–Crippen LogP) is 1.41. The van der Waals surface area contributed by atoms with E-state index < -0.39 is 0 Å². The summed E-state index contributed by atoms with van der Waals surface area (Å²) in [4.78, 5) is 18.4. The predicted molar refractivity (Wildman–Crippen MR) is 74.5 cm³/mol. The lowest BCUT2D eigenvalue weighted by atomic mass is 10.2. The monoisotopic (exact) mass is 261 g/mol. The topological polar surface area (TPSA) is 57.8 Å². The summed E-state index contributed by atoms with van der Waals surface area (Å²) in [7, 11) is 3.85. The van der Waals surface area contributed by atoms with Gasteiger partial charge in [-0.1, -0.05) is 13.3 Å². The third-order valence-electron chi connectivity index (χ3n) is 3.01. The molecule has 0 bridgehead atoms. The summed E-state index contributed by atoms with van der Waals surface area (Å²) in [5, 5.41) is 10.2. The highest BCUT2D eigenvalue weighted by molar-refractivity contribution is 5.56. The van der Waals surface area contributed by atoms with Gasteiger partial charge in [-0.05, 0) is 26.6 Å². The first-order valence-electron chi connectivity index (χ1n) is 6.40. The van der Waals surface area contributed by atoms with E-state index in [1.165, 1.54) is 4.40 Å². The lowest BCUT2D eigenvalue weighted by Crippen LogP contribution is -2.20. The van der Waals surface area contributed by atoms with Gasteiger partial charge >= 0.3 is 0 Å². The van der Waals surface area contributed by atoms with Crippen molar-refractivity contribution in [3.63, 3.8) is 0 Å². The summed E-state index contributed by atoms with van der Waals surface area (Å²) < 4.78 is 1.42. The summed E-state index contributed by atoms with van der Waals surface area (Å²) in [5.41, 5.74) is 1.67. The standard InChI is InChI=1S/C14H19N3O2/c1-4-5-10-8-15-13-12(18)11(9-16(2)3)6-7-17(13)14(10)19/h6-8,18H,4-5,9H2,1-3H3. The van der Waals surface area contributed by atoms with Crippen LogP contribution in [0.15, 0.2) is 23.3 Å². The first-order valence-corrected chi connectivity index (χ1v) is 6.40. The van der Waals surface area contributed by atoms with Gasteiger partial charge in [0.2, 0.25) is 0 Å². The van der Waals surface area contributed by atoms with Gasteiger partial charge in [0.25, 0.3) is 5.56 Å². The van der Waals surface area contributed by atoms with Gasteiger partial charge in [0.05, 0.1) is 0 Å². The lowest BCUT2D eigenvalue weighted by molar-refractivity contribution is 0.386. The molecular weight excluding hydrogens is 242 g/mol. The van der Waals surface area contributed by atoms with E-state index in [0.717, 1.165) is 12.0 Å². The van der Waals surface area contributed by atoms with Gasteiger partial charge < -0.3 is 10.0 Å². The Morgan fingerprint density at radius 2 is 2.11 bits per heavy atom. The van der Waals surface area contributed by atoms with Crippen molar-refractivity contribution in [1.29, 1.82) is 0 Å². The maximum atomic E-state index is 12.2. The van der Waals surface area contributed by atoms with Crippen molar-refractivity contribution in [3.05, 3.63) is 39.9 Å². The van der Waals surface area contributed by atoms with E-state index >= 15 is 0 Å². The molecular formula is C14H19N3O2. The van der Waals surface area contributed by atoms with Crippen LogP contribution in [0.4, 0.5) is 0 Å². The van der Waals surface area contributed by atoms with Crippen molar-refractivity contribution in [1.82, 2.24) is 14.3 Å². The molecule has 0 atom stereocenters. The number of aromatic hydroxyl groups is 1. The van der Waals surface area contributed by atoms with Crippen LogP contribution in [-0.2, 0) is 13.0 Å². The molecule has 0 aliphatic carbocycles. The van der Waals surface area contributed by atoms with Gasteiger partial charge in [0.15, 0.2) is 11.4 Å². The molecule has 0 aromatic carbocycles. The fraction of sp³-hybridized carbons (Fsp3) is 0.429. The number of pyridine rings is 1. The number of hydrogen-bond donors (Lipinski definition) is 1. The van der Waals surface area contributed by atoms with E-state index in [4.69, 9.17) is 0 Å². The van der Waals surface area contributed by atoms with E-state index in [1.54, 1.807) is 18.5 Å². The molecule has 2 aromatic heterocycles. The number of aryl methyl sites for hydroxylation is 1. The first-order chi connectivity index (χ1) is 9.04. The Kier molecular flexibility index (Phi) is 3.85. The molecule has 5 nitrogen and oxygen atoms in total. The molecule has 0 saturated carbocycles. The molecule has 0 spiro atoms. The largest absolute Gasteiger partial charge is 0.504 e. The van der Waals surface area contributed by atoms with Crippen molar-refractivity contribution in [2.24, 2.45) is 0 Å². The van der Waals surface area contributed by atoms with Crippen molar-refractivity contribution < 1.29 is 5.11 Å². The Morgan fingerprint density at radius 1 is 1.37 bits per heavy atom. The van der Waals surface area contributed by atoms with Crippen LogP contribution in [-0.4, -0.2) is 33.5 Å². The third-order valence-corrected chi connectivity index (χ3v) is 3.01. The Morgan fingerprint density at radius 3 is 2.74 bits per heavy atom. The van der Waals surface area contributed by atoms with E-state index in [-0.39, 0.29) is 11.3 Å². The van der Waals surface area contributed by atoms with Gasteiger partial charge in [-0.25, -0.2) is 4.98 Å². The van der Waals surface area contributed by atoms with Crippen LogP contribution in [0.1, 0.15) is 24.5 Å². The van der Waals surface area contributed by atoms with Crippen LogP contribution >= 0.6 is 0 Å². The van der Waals surface area contributed by atoms with E-state index in [2.05, 4.69) is 4.98 Å². The highest BCUT2D eigenvalue weighted by Gasteiger charge is 2.11. The maximum Gasteiger partial charge on any atom is 0.261 e. The molecule has 2 heterocycles. The minimum absolute atomic E-state index is 0.0800. The molecule has 2 aromatic rings. The van der Waals surface area contributed by atoms with Crippen LogP contribution in [0.3, 0.4) is 0 Å². The normalized spacial score (nSPS) is 11.4. The smallest absolute Gasteiger partial charge is 0.261 e. The second-order valence-corrected chi connectivity index (χ2v) is 4.96. The fourth-order valence-electron chi connectivity index (χ4n) is 2.12. The molecule has 0 radical (unpaired) electrons. The van der Waals surface area contributed by atoms with Crippen LogP contribution < -0.4 is 5.56 Å². The summed E-state index contributed by atoms with van der Waals surface area (Å²) in [5.74, 6) is 0.0800. The quantitative estimate of drug-likeness (QED) is 0.904. The van der Waals surface area contributed by atoms with Crippen LogP contribution in [0, 0.1) is 0 Å². The van der Waals surface area contributed by atoms with Gasteiger partial charge in [-0.2, -0.15) is 0 Å². The summed E-state index contributed by atoms with van der Waals surface area (Å²) in [6.07, 6.45) is 4.85. The van der Waals surface area contributed by atoms with Crippen LogP contribution in [0.5, 0.6) is 5.75 Å². The Bertz CT molecular complexity index is 647. The van der Waals surface area contributed by atoms with Gasteiger partial charge in [-0.15, -0.1) is 0 Å². The molecule has 2 rings (SSSR count). The fourth-order valence-corrected chi connectivity index (χ4v) is 2.12. The number of hydrogen-bond acceptors (Lipinski definition) is 4. The van der Waals surface area contributed by atoms with E-state index in [0.29, 0.717) is 24.2 Å².